The van der Waals surface area contributed by atoms with Crippen LogP contribution in [0.3, 0.4) is 0 Å². The van der Waals surface area contributed by atoms with Crippen molar-refractivity contribution >= 4 is 33.0 Å². The SMILES string of the molecule is CCN(CC)CCNc1nccc(-c2sc(C3CCOCC3)nc2-c2cccc(NS(=O)(=O)c3ccoc3)c2F)n1. The zero-order valence-electron chi connectivity index (χ0n) is 23.0. The van der Waals surface area contributed by atoms with Gasteiger partial charge in [-0.05, 0) is 50.2 Å². The van der Waals surface area contributed by atoms with Gasteiger partial charge < -0.3 is 19.4 Å². The number of hydrogen-bond donors (Lipinski definition) is 2. The van der Waals surface area contributed by atoms with Crippen LogP contribution in [-0.4, -0.2) is 67.7 Å². The number of rotatable bonds is 12. The lowest BCUT2D eigenvalue weighted by Crippen LogP contribution is -2.28. The van der Waals surface area contributed by atoms with Crippen molar-refractivity contribution in [2.45, 2.75) is 37.5 Å². The van der Waals surface area contributed by atoms with Crippen LogP contribution < -0.4 is 10.0 Å². The average molecular weight is 601 g/mol. The van der Waals surface area contributed by atoms with Gasteiger partial charge in [0.1, 0.15) is 11.2 Å². The number of furan rings is 1. The zero-order chi connectivity index (χ0) is 28.8. The molecule has 4 heterocycles. The van der Waals surface area contributed by atoms with Crippen molar-refractivity contribution in [3.05, 3.63) is 59.9 Å². The highest BCUT2D eigenvalue weighted by Gasteiger charge is 2.27. The Morgan fingerprint density at radius 2 is 1.93 bits per heavy atom. The number of nitrogens with zero attached hydrogens (tertiary/aromatic N) is 4. The van der Waals surface area contributed by atoms with Gasteiger partial charge in [0.05, 0.1) is 33.2 Å². The van der Waals surface area contributed by atoms with E-state index in [9.17, 15) is 8.42 Å². The molecule has 0 unspecified atom stereocenters. The van der Waals surface area contributed by atoms with Crippen LogP contribution >= 0.6 is 11.3 Å². The number of aromatic nitrogens is 3. The van der Waals surface area contributed by atoms with Crippen LogP contribution in [0.5, 0.6) is 0 Å². The molecular formula is C28H33FN6O4S2. The Labute approximate surface area is 243 Å². The summed E-state index contributed by atoms with van der Waals surface area (Å²) >= 11 is 1.47. The number of halogens is 1. The summed E-state index contributed by atoms with van der Waals surface area (Å²) in [5, 5.41) is 4.16. The number of hydrogen-bond acceptors (Lipinski definition) is 10. The van der Waals surface area contributed by atoms with Gasteiger partial charge in [-0.3, -0.25) is 4.72 Å². The normalized spacial score (nSPS) is 14.4. The lowest BCUT2D eigenvalue weighted by molar-refractivity contribution is 0.0853. The second-order valence-electron chi connectivity index (χ2n) is 9.57. The molecule has 0 amide bonds. The van der Waals surface area contributed by atoms with Crippen molar-refractivity contribution in [1.82, 2.24) is 19.9 Å². The lowest BCUT2D eigenvalue weighted by Gasteiger charge is -2.19. The van der Waals surface area contributed by atoms with E-state index in [-0.39, 0.29) is 22.1 Å². The molecule has 41 heavy (non-hydrogen) atoms. The summed E-state index contributed by atoms with van der Waals surface area (Å²) in [5.74, 6) is -0.0689. The Morgan fingerprint density at radius 3 is 2.66 bits per heavy atom. The van der Waals surface area contributed by atoms with Gasteiger partial charge in [-0.25, -0.2) is 27.8 Å². The predicted molar refractivity (Wildman–Crippen MR) is 157 cm³/mol. The number of ether oxygens (including phenoxy) is 1. The number of thiazole rings is 1. The maximum absolute atomic E-state index is 16.0. The van der Waals surface area contributed by atoms with E-state index in [1.165, 1.54) is 29.7 Å². The molecule has 2 N–H and O–H groups in total. The first-order valence-corrected chi connectivity index (χ1v) is 15.9. The average Bonchev–Trinajstić information content (AvgIpc) is 3.69. The molecule has 218 valence electrons. The summed E-state index contributed by atoms with van der Waals surface area (Å²) in [5.41, 5.74) is 1.01. The molecule has 0 radical (unpaired) electrons. The van der Waals surface area contributed by atoms with E-state index in [1.807, 2.05) is 0 Å². The molecule has 5 rings (SSSR count). The van der Waals surface area contributed by atoms with Gasteiger partial charge in [-0.2, -0.15) is 0 Å². The molecular weight excluding hydrogens is 567 g/mol. The lowest BCUT2D eigenvalue weighted by atomic mass is 10.0. The summed E-state index contributed by atoms with van der Waals surface area (Å²) < 4.78 is 54.3. The van der Waals surface area contributed by atoms with Crippen molar-refractivity contribution in [1.29, 1.82) is 0 Å². The smallest absolute Gasteiger partial charge is 0.265 e. The maximum Gasteiger partial charge on any atom is 0.265 e. The molecule has 1 aliphatic rings. The van der Waals surface area contributed by atoms with Crippen molar-refractivity contribution in [3.8, 4) is 21.8 Å². The highest BCUT2D eigenvalue weighted by atomic mass is 32.2. The Bertz CT molecular complexity index is 1550. The van der Waals surface area contributed by atoms with Crippen molar-refractivity contribution in [2.75, 3.05) is 49.4 Å². The Balaban J connectivity index is 1.50. The molecule has 13 heteroatoms. The molecule has 0 atom stereocenters. The third-order valence-electron chi connectivity index (χ3n) is 7.01. The molecule has 0 bridgehead atoms. The van der Waals surface area contributed by atoms with Gasteiger partial charge >= 0.3 is 0 Å². The second-order valence-corrected chi connectivity index (χ2v) is 12.3. The molecule has 1 aromatic carbocycles. The summed E-state index contributed by atoms with van der Waals surface area (Å²) in [6.07, 6.45) is 5.65. The fourth-order valence-electron chi connectivity index (χ4n) is 4.65. The fraction of sp³-hybridized carbons (Fsp3) is 0.393. The topological polar surface area (TPSA) is 122 Å². The van der Waals surface area contributed by atoms with Crippen molar-refractivity contribution in [2.24, 2.45) is 0 Å². The Morgan fingerprint density at radius 1 is 1.12 bits per heavy atom. The Hall–Kier alpha value is -3.39. The van der Waals surface area contributed by atoms with Crippen molar-refractivity contribution in [3.63, 3.8) is 0 Å². The summed E-state index contributed by atoms with van der Waals surface area (Å²) in [6, 6.07) is 7.66. The minimum absolute atomic E-state index is 0.0968. The minimum atomic E-state index is -4.04. The van der Waals surface area contributed by atoms with E-state index in [2.05, 4.69) is 33.8 Å². The summed E-state index contributed by atoms with van der Waals surface area (Å²) in [4.78, 5) is 16.9. The first-order chi connectivity index (χ1) is 19.9. The third-order valence-corrected chi connectivity index (χ3v) is 9.59. The van der Waals surface area contributed by atoms with E-state index >= 15 is 4.39 Å². The molecule has 3 aromatic heterocycles. The summed E-state index contributed by atoms with van der Waals surface area (Å²) in [7, 11) is -4.04. The van der Waals surface area contributed by atoms with E-state index in [0.717, 1.165) is 43.7 Å². The second kappa shape index (κ2) is 13.1. The number of nitrogens with one attached hydrogen (secondary N) is 2. The fourth-order valence-corrected chi connectivity index (χ4v) is 6.85. The molecule has 0 saturated carbocycles. The van der Waals surface area contributed by atoms with Gasteiger partial charge in [-0.1, -0.05) is 19.9 Å². The summed E-state index contributed by atoms with van der Waals surface area (Å²) in [6.45, 7) is 8.99. The van der Waals surface area contributed by atoms with E-state index < -0.39 is 15.8 Å². The van der Waals surface area contributed by atoms with Crippen LogP contribution in [0, 0.1) is 5.82 Å². The number of likely N-dealkylation sites (N-methyl/N-ethyl adjacent to an activating group) is 1. The van der Waals surface area contributed by atoms with Crippen LogP contribution in [0.25, 0.3) is 21.8 Å². The van der Waals surface area contributed by atoms with Gasteiger partial charge in [-0.15, -0.1) is 11.3 Å². The Kier molecular flexibility index (Phi) is 9.28. The van der Waals surface area contributed by atoms with Crippen LogP contribution in [0.2, 0.25) is 0 Å². The highest BCUT2D eigenvalue weighted by Crippen LogP contribution is 2.42. The van der Waals surface area contributed by atoms with Crippen LogP contribution in [0.1, 0.15) is 37.6 Å². The number of anilines is 2. The predicted octanol–water partition coefficient (Wildman–Crippen LogP) is 5.45. The number of benzene rings is 1. The molecule has 10 nitrogen and oxygen atoms in total. The zero-order valence-corrected chi connectivity index (χ0v) is 24.6. The standard InChI is InChI=1S/C28H33FN6O4S2/c1-3-35(4-2)14-13-31-28-30-12-8-23(32-28)26-25(33-27(40-26)19-9-15-38-16-10-19)21-6-5-7-22(24(21)29)34-41(36,37)20-11-17-39-18-20/h5-8,11-12,17-19,34H,3-4,9-10,13-16H2,1-2H3,(H,30,31,32). The minimum Gasteiger partial charge on any atom is -0.471 e. The molecule has 1 fully saturated rings. The van der Waals surface area contributed by atoms with Crippen LogP contribution in [0.4, 0.5) is 16.0 Å². The van der Waals surface area contributed by atoms with Gasteiger partial charge in [0.2, 0.25) is 5.95 Å². The first-order valence-electron chi connectivity index (χ1n) is 13.6. The van der Waals surface area contributed by atoms with E-state index in [1.54, 1.807) is 24.4 Å². The number of sulfonamides is 1. The quantitative estimate of drug-likeness (QED) is 0.219. The van der Waals surface area contributed by atoms with Crippen molar-refractivity contribution < 1.29 is 22.0 Å². The van der Waals surface area contributed by atoms with Gasteiger partial charge in [0, 0.05) is 44.0 Å². The van der Waals surface area contributed by atoms with Crippen LogP contribution in [0.15, 0.2) is 58.4 Å². The van der Waals surface area contributed by atoms with Gasteiger partial charge in [0.15, 0.2) is 5.82 Å². The molecule has 1 aliphatic heterocycles. The van der Waals surface area contributed by atoms with Gasteiger partial charge in [0.25, 0.3) is 10.0 Å². The highest BCUT2D eigenvalue weighted by molar-refractivity contribution is 7.92. The van der Waals surface area contributed by atoms with E-state index in [0.29, 0.717) is 42.0 Å². The molecule has 4 aromatic rings. The third kappa shape index (κ3) is 6.75. The first kappa shape index (κ1) is 29.1. The maximum atomic E-state index is 16.0. The monoisotopic (exact) mass is 600 g/mol. The largest absolute Gasteiger partial charge is 0.471 e. The molecule has 1 saturated heterocycles. The molecule has 0 spiro atoms. The van der Waals surface area contributed by atoms with E-state index in [4.69, 9.17) is 19.1 Å². The molecule has 0 aliphatic carbocycles. The van der Waals surface area contributed by atoms with Crippen LogP contribution in [-0.2, 0) is 14.8 Å².